The lowest BCUT2D eigenvalue weighted by Crippen LogP contribution is -2.15. The molecular weight excluding hydrogens is 270 g/mol. The van der Waals surface area contributed by atoms with Crippen LogP contribution < -0.4 is 10.6 Å². The Kier molecular flexibility index (Phi) is 4.18. The lowest BCUT2D eigenvalue weighted by Gasteiger charge is -2.10. The first-order valence-corrected chi connectivity index (χ1v) is 6.36. The number of anilines is 2. The Morgan fingerprint density at radius 3 is 2.38 bits per heavy atom. The normalized spacial score (nSPS) is 10.0. The maximum Gasteiger partial charge on any atom is 0.305 e. The number of aryl methyl sites for hydroxylation is 1. The van der Waals surface area contributed by atoms with Gasteiger partial charge in [-0.3, -0.25) is 14.9 Å². The molecule has 6 heteroatoms. The molecule has 2 N–H and O–H groups in total. The minimum atomic E-state index is -0.557. The highest BCUT2D eigenvalue weighted by Crippen LogP contribution is 2.29. The summed E-state index contributed by atoms with van der Waals surface area (Å²) < 4.78 is 0. The second-order valence-electron chi connectivity index (χ2n) is 4.48. The van der Waals surface area contributed by atoms with Crippen LogP contribution in [0.4, 0.5) is 17.1 Å². The van der Waals surface area contributed by atoms with Crippen molar-refractivity contribution in [2.45, 2.75) is 6.92 Å². The molecule has 21 heavy (non-hydrogen) atoms. The molecule has 2 rings (SSSR count). The Balaban J connectivity index is 2.40. The van der Waals surface area contributed by atoms with Gasteiger partial charge in [-0.05, 0) is 30.7 Å². The molecule has 0 bridgehead atoms. The summed E-state index contributed by atoms with van der Waals surface area (Å²) >= 11 is 0. The molecule has 0 aliphatic rings. The summed E-state index contributed by atoms with van der Waals surface area (Å²) in [6.07, 6.45) is 0. The third-order valence-electron chi connectivity index (χ3n) is 3.13. The van der Waals surface area contributed by atoms with E-state index in [1.54, 1.807) is 31.3 Å². The van der Waals surface area contributed by atoms with Gasteiger partial charge in [-0.25, -0.2) is 0 Å². The van der Waals surface area contributed by atoms with Gasteiger partial charge in [-0.2, -0.15) is 0 Å². The second kappa shape index (κ2) is 6.04. The molecule has 0 unspecified atom stereocenters. The summed E-state index contributed by atoms with van der Waals surface area (Å²) in [6.45, 7) is 1.86. The van der Waals surface area contributed by atoms with Gasteiger partial charge in [0.05, 0.1) is 4.92 Å². The van der Waals surface area contributed by atoms with Gasteiger partial charge in [0.15, 0.2) is 0 Å². The number of nitrogens with one attached hydrogen (secondary N) is 2. The van der Waals surface area contributed by atoms with E-state index in [1.807, 2.05) is 19.1 Å². The number of para-hydroxylation sites is 2. The summed E-state index contributed by atoms with van der Waals surface area (Å²) in [4.78, 5) is 23.0. The third-order valence-corrected chi connectivity index (χ3v) is 3.13. The van der Waals surface area contributed by atoms with Gasteiger partial charge in [-0.15, -0.1) is 0 Å². The zero-order chi connectivity index (χ0) is 15.4. The zero-order valence-corrected chi connectivity index (χ0v) is 11.7. The molecule has 0 atom stereocenters. The third kappa shape index (κ3) is 3.00. The lowest BCUT2D eigenvalue weighted by atomic mass is 10.1. The number of carbonyl (C=O) groups excluding carboxylic acids is 1. The van der Waals surface area contributed by atoms with Crippen LogP contribution in [0.25, 0.3) is 0 Å². The summed E-state index contributed by atoms with van der Waals surface area (Å²) in [7, 11) is 1.57. The maximum absolute atomic E-state index is 12.3. The molecule has 0 fully saturated rings. The number of nitro groups is 1. The largest absolute Gasteiger partial charge is 0.383 e. The summed E-state index contributed by atoms with van der Waals surface area (Å²) in [5, 5.41) is 16.6. The molecular formula is C15H15N3O3. The lowest BCUT2D eigenvalue weighted by molar-refractivity contribution is -0.384. The molecule has 6 nitrogen and oxygen atoms in total. The van der Waals surface area contributed by atoms with Gasteiger partial charge in [-0.1, -0.05) is 24.3 Å². The number of benzene rings is 2. The average Bonchev–Trinajstić information content (AvgIpc) is 2.48. The quantitative estimate of drug-likeness (QED) is 0.667. The number of nitro benzene ring substituents is 1. The SMILES string of the molecule is CNc1cccc(C(=O)Nc2ccccc2C)c1[N+](=O)[O-]. The number of hydrogen-bond donors (Lipinski definition) is 2. The van der Waals surface area contributed by atoms with Crippen LogP contribution in [0, 0.1) is 17.0 Å². The zero-order valence-electron chi connectivity index (χ0n) is 11.7. The molecule has 2 aromatic rings. The molecule has 2 aromatic carbocycles. The Labute approximate surface area is 121 Å². The number of amides is 1. The monoisotopic (exact) mass is 285 g/mol. The number of nitrogens with zero attached hydrogens (tertiary/aromatic N) is 1. The molecule has 0 radical (unpaired) electrons. The summed E-state index contributed by atoms with van der Waals surface area (Å²) in [5.74, 6) is -0.506. The summed E-state index contributed by atoms with van der Waals surface area (Å²) in [6, 6.07) is 11.9. The average molecular weight is 285 g/mol. The van der Waals surface area contributed by atoms with Gasteiger partial charge in [0, 0.05) is 12.7 Å². The maximum atomic E-state index is 12.3. The molecule has 1 amide bonds. The van der Waals surface area contributed by atoms with E-state index in [-0.39, 0.29) is 11.3 Å². The van der Waals surface area contributed by atoms with Crippen molar-refractivity contribution in [1.29, 1.82) is 0 Å². The van der Waals surface area contributed by atoms with Crippen molar-refractivity contribution in [1.82, 2.24) is 0 Å². The van der Waals surface area contributed by atoms with Gasteiger partial charge in [0.1, 0.15) is 11.3 Å². The minimum absolute atomic E-state index is 0.0232. The first kappa shape index (κ1) is 14.5. The van der Waals surface area contributed by atoms with Crippen LogP contribution in [0.1, 0.15) is 15.9 Å². The molecule has 0 heterocycles. The number of hydrogen-bond acceptors (Lipinski definition) is 4. The fraction of sp³-hybridized carbons (Fsp3) is 0.133. The van der Waals surface area contributed by atoms with Crippen molar-refractivity contribution in [3.63, 3.8) is 0 Å². The predicted octanol–water partition coefficient (Wildman–Crippen LogP) is 3.20. The van der Waals surface area contributed by atoms with E-state index in [0.717, 1.165) is 5.56 Å². The van der Waals surface area contributed by atoms with E-state index in [4.69, 9.17) is 0 Å². The van der Waals surface area contributed by atoms with Crippen LogP contribution >= 0.6 is 0 Å². The Bertz CT molecular complexity index is 698. The van der Waals surface area contributed by atoms with Gasteiger partial charge < -0.3 is 10.6 Å². The fourth-order valence-corrected chi connectivity index (χ4v) is 2.03. The van der Waals surface area contributed by atoms with Crippen molar-refractivity contribution in [3.8, 4) is 0 Å². The van der Waals surface area contributed by atoms with Gasteiger partial charge in [0.2, 0.25) is 0 Å². The predicted molar refractivity (Wildman–Crippen MR) is 81.8 cm³/mol. The second-order valence-corrected chi connectivity index (χ2v) is 4.48. The molecule has 0 aromatic heterocycles. The van der Waals surface area contributed by atoms with E-state index in [9.17, 15) is 14.9 Å². The first-order valence-electron chi connectivity index (χ1n) is 6.36. The van der Waals surface area contributed by atoms with Crippen molar-refractivity contribution in [3.05, 3.63) is 63.7 Å². The van der Waals surface area contributed by atoms with E-state index in [0.29, 0.717) is 11.4 Å². The summed E-state index contributed by atoms with van der Waals surface area (Å²) in [5.41, 5.74) is 1.61. The van der Waals surface area contributed by atoms with Crippen LogP contribution in [0.2, 0.25) is 0 Å². The van der Waals surface area contributed by atoms with Crippen molar-refractivity contribution in [2.75, 3.05) is 17.7 Å². The molecule has 0 aliphatic heterocycles. The van der Waals surface area contributed by atoms with E-state index in [2.05, 4.69) is 10.6 Å². The van der Waals surface area contributed by atoms with Crippen molar-refractivity contribution < 1.29 is 9.72 Å². The van der Waals surface area contributed by atoms with Crippen LogP contribution in [-0.4, -0.2) is 17.9 Å². The van der Waals surface area contributed by atoms with Crippen LogP contribution in [0.3, 0.4) is 0 Å². The number of carbonyl (C=O) groups is 1. The van der Waals surface area contributed by atoms with Crippen molar-refractivity contribution >= 4 is 23.0 Å². The van der Waals surface area contributed by atoms with E-state index >= 15 is 0 Å². The Morgan fingerprint density at radius 1 is 1.10 bits per heavy atom. The van der Waals surface area contributed by atoms with Crippen LogP contribution in [0.15, 0.2) is 42.5 Å². The smallest absolute Gasteiger partial charge is 0.305 e. The molecule has 0 aliphatic carbocycles. The van der Waals surface area contributed by atoms with Crippen LogP contribution in [-0.2, 0) is 0 Å². The number of rotatable bonds is 4. The first-order chi connectivity index (χ1) is 10.0. The topological polar surface area (TPSA) is 84.3 Å². The fourth-order valence-electron chi connectivity index (χ4n) is 2.03. The highest BCUT2D eigenvalue weighted by atomic mass is 16.6. The Morgan fingerprint density at radius 2 is 1.76 bits per heavy atom. The van der Waals surface area contributed by atoms with Gasteiger partial charge >= 0.3 is 5.69 Å². The van der Waals surface area contributed by atoms with Gasteiger partial charge in [0.25, 0.3) is 5.91 Å². The Hall–Kier alpha value is -2.89. The standard InChI is InChI=1S/C15H15N3O3/c1-10-6-3-4-8-12(10)17-15(19)11-7-5-9-13(16-2)14(11)18(20)21/h3-9,16H,1-2H3,(H,17,19). The molecule has 108 valence electrons. The molecule has 0 saturated heterocycles. The highest BCUT2D eigenvalue weighted by molar-refractivity contribution is 6.08. The molecule has 0 saturated carbocycles. The highest BCUT2D eigenvalue weighted by Gasteiger charge is 2.24. The van der Waals surface area contributed by atoms with E-state index < -0.39 is 10.8 Å². The van der Waals surface area contributed by atoms with Crippen LogP contribution in [0.5, 0.6) is 0 Å². The van der Waals surface area contributed by atoms with Crippen molar-refractivity contribution in [2.24, 2.45) is 0 Å². The molecule has 0 spiro atoms. The minimum Gasteiger partial charge on any atom is -0.383 e. The van der Waals surface area contributed by atoms with E-state index in [1.165, 1.54) is 6.07 Å².